The number of nitriles is 2. The maximum atomic E-state index is 9.30. The van der Waals surface area contributed by atoms with Gasteiger partial charge < -0.3 is 4.90 Å². The fraction of sp³-hybridized carbons (Fsp3) is 0.125. The molecule has 0 saturated carbocycles. The van der Waals surface area contributed by atoms with Gasteiger partial charge in [-0.1, -0.05) is 34.1 Å². The molecule has 0 atom stereocenters. The molecule has 98 valence electrons. The van der Waals surface area contributed by atoms with Crippen molar-refractivity contribution in [1.82, 2.24) is 0 Å². The number of halogens is 1. The average molecular weight is 326 g/mol. The van der Waals surface area contributed by atoms with Gasteiger partial charge in [-0.25, -0.2) is 0 Å². The minimum absolute atomic E-state index is 0.587. The van der Waals surface area contributed by atoms with Crippen LogP contribution in [0.25, 0.3) is 0 Å². The van der Waals surface area contributed by atoms with Crippen LogP contribution in [0, 0.1) is 22.7 Å². The van der Waals surface area contributed by atoms with Crippen LogP contribution < -0.4 is 4.90 Å². The zero-order valence-electron chi connectivity index (χ0n) is 11.0. The third-order valence-electron chi connectivity index (χ3n) is 3.08. The van der Waals surface area contributed by atoms with Gasteiger partial charge in [0.2, 0.25) is 0 Å². The Morgan fingerprint density at radius 3 is 2.30 bits per heavy atom. The van der Waals surface area contributed by atoms with E-state index in [-0.39, 0.29) is 0 Å². The van der Waals surface area contributed by atoms with Crippen LogP contribution in [0.15, 0.2) is 42.5 Å². The summed E-state index contributed by atoms with van der Waals surface area (Å²) < 4.78 is 0. The van der Waals surface area contributed by atoms with Gasteiger partial charge in [0, 0.05) is 12.4 Å². The Hall–Kier alpha value is -2.30. The van der Waals surface area contributed by atoms with Gasteiger partial charge in [0.25, 0.3) is 0 Å². The second kappa shape index (κ2) is 6.23. The molecule has 4 heteroatoms. The molecule has 0 saturated heterocycles. The van der Waals surface area contributed by atoms with Crippen molar-refractivity contribution >= 4 is 27.3 Å². The molecule has 0 spiro atoms. The molecule has 0 fully saturated rings. The Balaban J connectivity index is 2.52. The van der Waals surface area contributed by atoms with Gasteiger partial charge in [-0.3, -0.25) is 0 Å². The first-order valence-corrected chi connectivity index (χ1v) is 7.15. The van der Waals surface area contributed by atoms with E-state index in [1.54, 1.807) is 6.07 Å². The molecule has 0 aliphatic rings. The summed E-state index contributed by atoms with van der Waals surface area (Å²) in [4.78, 5) is 1.87. The van der Waals surface area contributed by atoms with Gasteiger partial charge in [-0.15, -0.1) is 0 Å². The molecule has 0 aromatic heterocycles. The number of nitrogens with zero attached hydrogens (tertiary/aromatic N) is 3. The maximum absolute atomic E-state index is 9.30. The summed E-state index contributed by atoms with van der Waals surface area (Å²) >= 11 is 3.38. The van der Waals surface area contributed by atoms with Crippen molar-refractivity contribution in [3.05, 3.63) is 59.2 Å². The zero-order chi connectivity index (χ0) is 14.5. The summed E-state index contributed by atoms with van der Waals surface area (Å²) in [6, 6.07) is 17.5. The molecule has 3 nitrogen and oxygen atoms in total. The van der Waals surface area contributed by atoms with E-state index in [4.69, 9.17) is 0 Å². The van der Waals surface area contributed by atoms with Crippen LogP contribution in [-0.4, -0.2) is 7.05 Å². The highest BCUT2D eigenvalue weighted by Gasteiger charge is 2.12. The molecule has 0 bridgehead atoms. The predicted molar refractivity (Wildman–Crippen MR) is 83.0 cm³/mol. The summed E-state index contributed by atoms with van der Waals surface area (Å²) in [5.41, 5.74) is 3.81. The van der Waals surface area contributed by atoms with Crippen LogP contribution in [-0.2, 0) is 5.33 Å². The van der Waals surface area contributed by atoms with Gasteiger partial charge in [0.15, 0.2) is 0 Å². The molecule has 2 rings (SSSR count). The molecule has 2 aromatic rings. The summed E-state index contributed by atoms with van der Waals surface area (Å²) in [5.74, 6) is 0. The molecule has 2 aromatic carbocycles. The lowest BCUT2D eigenvalue weighted by Crippen LogP contribution is -2.12. The first-order valence-electron chi connectivity index (χ1n) is 6.03. The lowest BCUT2D eigenvalue weighted by atomic mass is 10.1. The highest BCUT2D eigenvalue weighted by molar-refractivity contribution is 9.08. The molecule has 0 unspecified atom stereocenters. The smallest absolute Gasteiger partial charge is 0.101 e. The molecular formula is C16H12BrN3. The largest absolute Gasteiger partial charge is 0.342 e. The Labute approximate surface area is 126 Å². The Bertz CT molecular complexity index is 710. The van der Waals surface area contributed by atoms with Gasteiger partial charge >= 0.3 is 0 Å². The van der Waals surface area contributed by atoms with Crippen molar-refractivity contribution in [2.45, 2.75) is 5.33 Å². The normalized spacial score (nSPS) is 9.60. The third-order valence-corrected chi connectivity index (χ3v) is 3.73. The first kappa shape index (κ1) is 14.1. The van der Waals surface area contributed by atoms with E-state index in [1.165, 1.54) is 0 Å². The van der Waals surface area contributed by atoms with Gasteiger partial charge in [0.05, 0.1) is 22.5 Å². The Morgan fingerprint density at radius 2 is 1.65 bits per heavy atom. The fourth-order valence-electron chi connectivity index (χ4n) is 2.04. The standard InChI is InChI=1S/C16H12BrN3/c1-20(15-5-3-2-4-13(15)10-18)16-7-6-12(9-17)8-14(16)11-19/h2-8H,9H2,1H3. The number of rotatable bonds is 3. The highest BCUT2D eigenvalue weighted by Crippen LogP contribution is 2.30. The van der Waals surface area contributed by atoms with Crippen LogP contribution in [0.2, 0.25) is 0 Å². The van der Waals surface area contributed by atoms with Crippen molar-refractivity contribution < 1.29 is 0 Å². The number of alkyl halides is 1. The SMILES string of the molecule is CN(c1ccccc1C#N)c1ccc(CBr)cc1C#N. The van der Waals surface area contributed by atoms with E-state index in [2.05, 4.69) is 28.1 Å². The number of hydrogen-bond donors (Lipinski definition) is 0. The van der Waals surface area contributed by atoms with E-state index >= 15 is 0 Å². The second-order valence-corrected chi connectivity index (χ2v) is 4.85. The Morgan fingerprint density at radius 1 is 1.00 bits per heavy atom. The van der Waals surface area contributed by atoms with Gasteiger partial charge in [0.1, 0.15) is 12.1 Å². The number of benzene rings is 2. The van der Waals surface area contributed by atoms with Crippen LogP contribution >= 0.6 is 15.9 Å². The maximum Gasteiger partial charge on any atom is 0.101 e. The molecule has 0 heterocycles. The fourth-order valence-corrected chi connectivity index (χ4v) is 2.39. The highest BCUT2D eigenvalue weighted by atomic mass is 79.9. The zero-order valence-corrected chi connectivity index (χ0v) is 12.6. The summed E-state index contributed by atoms with van der Waals surface area (Å²) in [6.07, 6.45) is 0. The van der Waals surface area contributed by atoms with Crippen LogP contribution in [0.1, 0.15) is 16.7 Å². The predicted octanol–water partition coefficient (Wildman–Crippen LogP) is 4.09. The minimum Gasteiger partial charge on any atom is -0.342 e. The molecule has 0 N–H and O–H groups in total. The Kier molecular flexibility index (Phi) is 4.40. The monoisotopic (exact) mass is 325 g/mol. The molecule has 0 amide bonds. The van der Waals surface area contributed by atoms with E-state index in [1.807, 2.05) is 48.3 Å². The van der Waals surface area contributed by atoms with Crippen LogP contribution in [0.3, 0.4) is 0 Å². The summed E-state index contributed by atoms with van der Waals surface area (Å²) in [5, 5.41) is 19.2. The lowest BCUT2D eigenvalue weighted by molar-refractivity contribution is 1.18. The molecule has 20 heavy (non-hydrogen) atoms. The molecule has 0 radical (unpaired) electrons. The molecule has 0 aliphatic heterocycles. The van der Waals surface area contributed by atoms with Crippen LogP contribution in [0.5, 0.6) is 0 Å². The van der Waals surface area contributed by atoms with Crippen molar-refractivity contribution in [1.29, 1.82) is 10.5 Å². The summed E-state index contributed by atoms with van der Waals surface area (Å²) in [6.45, 7) is 0. The van der Waals surface area contributed by atoms with Crippen molar-refractivity contribution in [2.75, 3.05) is 11.9 Å². The van der Waals surface area contributed by atoms with Crippen molar-refractivity contribution in [2.24, 2.45) is 0 Å². The second-order valence-electron chi connectivity index (χ2n) is 4.28. The van der Waals surface area contributed by atoms with Crippen molar-refractivity contribution in [3.8, 4) is 12.1 Å². The first-order chi connectivity index (χ1) is 9.71. The third kappa shape index (κ3) is 2.66. The number of anilines is 2. The van der Waals surface area contributed by atoms with E-state index in [9.17, 15) is 10.5 Å². The quantitative estimate of drug-likeness (QED) is 0.798. The van der Waals surface area contributed by atoms with Gasteiger partial charge in [-0.05, 0) is 29.8 Å². The number of para-hydroxylation sites is 1. The average Bonchev–Trinajstić information content (AvgIpc) is 2.53. The van der Waals surface area contributed by atoms with Gasteiger partial charge in [-0.2, -0.15) is 10.5 Å². The molecule has 0 aliphatic carbocycles. The minimum atomic E-state index is 0.587. The van der Waals surface area contributed by atoms with E-state index in [0.717, 1.165) is 16.9 Å². The topological polar surface area (TPSA) is 50.8 Å². The lowest BCUT2D eigenvalue weighted by Gasteiger charge is -2.22. The van der Waals surface area contributed by atoms with E-state index < -0.39 is 0 Å². The van der Waals surface area contributed by atoms with Crippen LogP contribution in [0.4, 0.5) is 11.4 Å². The van der Waals surface area contributed by atoms with E-state index in [0.29, 0.717) is 16.5 Å². The number of hydrogen-bond acceptors (Lipinski definition) is 3. The summed E-state index contributed by atoms with van der Waals surface area (Å²) in [7, 11) is 1.86. The molecular weight excluding hydrogens is 314 g/mol. The van der Waals surface area contributed by atoms with Crippen molar-refractivity contribution in [3.63, 3.8) is 0 Å².